The summed E-state index contributed by atoms with van der Waals surface area (Å²) in [7, 11) is -3.39. The van der Waals surface area contributed by atoms with Gasteiger partial charge in [0.25, 0.3) is 0 Å². The average Bonchev–Trinajstić information content (AvgIpc) is 2.61. The molecule has 0 fully saturated rings. The maximum Gasteiger partial charge on any atom is 0.303 e. The summed E-state index contributed by atoms with van der Waals surface area (Å²) >= 11 is 11.8. The number of allylic oxidation sites excluding steroid dienone is 1. The zero-order valence-corrected chi connectivity index (χ0v) is 18.6. The Morgan fingerprint density at radius 3 is 2.62 bits per heavy atom. The van der Waals surface area contributed by atoms with E-state index in [2.05, 4.69) is 0 Å². The summed E-state index contributed by atoms with van der Waals surface area (Å²) in [5.74, 6) is -0.432. The van der Waals surface area contributed by atoms with E-state index in [1.54, 1.807) is 30.4 Å². The molecule has 0 heterocycles. The molecule has 0 radical (unpaired) electrons. The molecule has 164 valence electrons. The second kappa shape index (κ2) is 13.1. The van der Waals surface area contributed by atoms with Gasteiger partial charge in [-0.1, -0.05) is 35.4 Å². The molecule has 29 heavy (non-hydrogen) atoms. The van der Waals surface area contributed by atoms with Crippen LogP contribution >= 0.6 is 23.2 Å². The van der Waals surface area contributed by atoms with Gasteiger partial charge < -0.3 is 14.9 Å². The minimum Gasteiger partial charge on any atom is -0.489 e. The molecular formula is C19H27Cl2NO6S. The van der Waals surface area contributed by atoms with Crippen molar-refractivity contribution in [1.29, 1.82) is 0 Å². The van der Waals surface area contributed by atoms with E-state index in [4.69, 9.17) is 33.0 Å². The number of unbranched alkanes of at least 4 members (excludes halogenated alkanes) is 1. The van der Waals surface area contributed by atoms with Gasteiger partial charge in [0.15, 0.2) is 0 Å². The van der Waals surface area contributed by atoms with Crippen molar-refractivity contribution in [3.8, 4) is 5.75 Å². The summed E-state index contributed by atoms with van der Waals surface area (Å²) < 4.78 is 30.6. The van der Waals surface area contributed by atoms with Gasteiger partial charge in [-0.3, -0.25) is 4.79 Å². The van der Waals surface area contributed by atoms with Crippen molar-refractivity contribution in [3.63, 3.8) is 0 Å². The third-order valence-electron chi connectivity index (χ3n) is 3.98. The van der Waals surface area contributed by atoms with E-state index < -0.39 is 22.1 Å². The van der Waals surface area contributed by atoms with E-state index in [9.17, 15) is 18.3 Å². The molecule has 7 nitrogen and oxygen atoms in total. The van der Waals surface area contributed by atoms with Crippen LogP contribution in [-0.4, -0.2) is 61.0 Å². The topological polar surface area (TPSA) is 104 Å². The molecule has 10 heteroatoms. The Balaban J connectivity index is 2.37. The third kappa shape index (κ3) is 11.4. The van der Waals surface area contributed by atoms with Crippen molar-refractivity contribution in [2.45, 2.75) is 38.2 Å². The number of hydrogen-bond acceptors (Lipinski definition) is 5. The SMILES string of the molecule is CS(=O)(=O)N(C/C=C\CCCC(=O)O)CCCC(O)COc1ccc(Cl)cc1Cl. The Kier molecular flexibility index (Phi) is 11.6. The standard InChI is InChI=1S/C19H27Cl2NO6S/c1-29(26,27)22(11-5-3-2-4-8-19(24)25)12-6-7-16(23)14-28-18-10-9-15(20)13-17(18)21/h3,5,9-10,13,16,23H,2,4,6-8,11-12,14H2,1H3,(H,24,25)/b5-3-. The number of rotatable bonds is 14. The summed E-state index contributed by atoms with van der Waals surface area (Å²) in [6.45, 7) is 0.500. The van der Waals surface area contributed by atoms with E-state index in [1.807, 2.05) is 0 Å². The van der Waals surface area contributed by atoms with Gasteiger partial charge >= 0.3 is 5.97 Å². The van der Waals surface area contributed by atoms with Gasteiger partial charge in [-0.25, -0.2) is 8.42 Å². The molecular weight excluding hydrogens is 441 g/mol. The normalized spacial score (nSPS) is 13.1. The molecule has 1 aromatic carbocycles. The van der Waals surface area contributed by atoms with Crippen LogP contribution in [0.25, 0.3) is 0 Å². The molecule has 1 atom stereocenters. The van der Waals surface area contributed by atoms with Crippen molar-refractivity contribution in [3.05, 3.63) is 40.4 Å². The Morgan fingerprint density at radius 1 is 1.28 bits per heavy atom. The Bertz CT molecular complexity index is 785. The number of aliphatic hydroxyl groups excluding tert-OH is 1. The van der Waals surface area contributed by atoms with Crippen molar-refractivity contribution in [2.24, 2.45) is 0 Å². The first-order valence-corrected chi connectivity index (χ1v) is 11.8. The van der Waals surface area contributed by atoms with Crippen LogP contribution < -0.4 is 4.74 Å². The highest BCUT2D eigenvalue weighted by Gasteiger charge is 2.16. The maximum atomic E-state index is 11.9. The summed E-state index contributed by atoms with van der Waals surface area (Å²) in [6.07, 6.45) is 5.84. The van der Waals surface area contributed by atoms with Crippen molar-refractivity contribution >= 4 is 39.2 Å². The van der Waals surface area contributed by atoms with Crippen LogP contribution in [0.3, 0.4) is 0 Å². The van der Waals surface area contributed by atoms with E-state index >= 15 is 0 Å². The number of carbonyl (C=O) groups is 1. The van der Waals surface area contributed by atoms with Crippen LogP contribution in [0, 0.1) is 0 Å². The molecule has 2 N–H and O–H groups in total. The molecule has 0 aromatic heterocycles. The number of nitrogens with zero attached hydrogens (tertiary/aromatic N) is 1. The van der Waals surface area contributed by atoms with Crippen LogP contribution in [-0.2, 0) is 14.8 Å². The van der Waals surface area contributed by atoms with Crippen molar-refractivity contribution < 1.29 is 28.2 Å². The van der Waals surface area contributed by atoms with Gasteiger partial charge in [0.2, 0.25) is 10.0 Å². The van der Waals surface area contributed by atoms with Crippen LogP contribution in [0.1, 0.15) is 32.1 Å². The van der Waals surface area contributed by atoms with E-state index in [-0.39, 0.29) is 26.1 Å². The quantitative estimate of drug-likeness (QED) is 0.320. The average molecular weight is 468 g/mol. The van der Waals surface area contributed by atoms with E-state index in [0.29, 0.717) is 41.5 Å². The van der Waals surface area contributed by atoms with Gasteiger partial charge in [-0.2, -0.15) is 4.31 Å². The summed E-state index contributed by atoms with van der Waals surface area (Å²) in [4.78, 5) is 10.4. The van der Waals surface area contributed by atoms with Gasteiger partial charge in [-0.05, 0) is 43.9 Å². The smallest absolute Gasteiger partial charge is 0.303 e. The second-order valence-corrected chi connectivity index (χ2v) is 9.39. The largest absolute Gasteiger partial charge is 0.489 e. The molecule has 0 aliphatic carbocycles. The van der Waals surface area contributed by atoms with Crippen LogP contribution in [0.5, 0.6) is 5.75 Å². The molecule has 0 bridgehead atoms. The van der Waals surface area contributed by atoms with Crippen LogP contribution in [0.15, 0.2) is 30.4 Å². The maximum absolute atomic E-state index is 11.9. The van der Waals surface area contributed by atoms with Crippen LogP contribution in [0.2, 0.25) is 10.0 Å². The number of aliphatic hydroxyl groups is 1. The molecule has 0 aliphatic rings. The number of sulfonamides is 1. The fourth-order valence-electron chi connectivity index (χ4n) is 2.44. The fraction of sp³-hybridized carbons (Fsp3) is 0.526. The third-order valence-corrected chi connectivity index (χ3v) is 5.78. The van der Waals surface area contributed by atoms with E-state index in [1.165, 1.54) is 4.31 Å². The van der Waals surface area contributed by atoms with Gasteiger partial charge in [0, 0.05) is 24.5 Å². The Hall–Kier alpha value is -1.32. The lowest BCUT2D eigenvalue weighted by atomic mass is 10.2. The highest BCUT2D eigenvalue weighted by atomic mass is 35.5. The lowest BCUT2D eigenvalue weighted by Crippen LogP contribution is -2.32. The number of hydrogen-bond donors (Lipinski definition) is 2. The monoisotopic (exact) mass is 467 g/mol. The number of carboxylic acid groups (broad SMARTS) is 1. The molecule has 1 unspecified atom stereocenters. The fourth-order valence-corrected chi connectivity index (χ4v) is 3.72. The number of halogens is 2. The highest BCUT2D eigenvalue weighted by molar-refractivity contribution is 7.88. The number of ether oxygens (including phenoxy) is 1. The van der Waals surface area contributed by atoms with Gasteiger partial charge in [0.05, 0.1) is 17.4 Å². The second-order valence-electron chi connectivity index (χ2n) is 6.56. The molecule has 0 saturated heterocycles. The molecule has 0 spiro atoms. The molecule has 1 rings (SSSR count). The molecule has 0 amide bonds. The van der Waals surface area contributed by atoms with E-state index in [0.717, 1.165) is 6.26 Å². The molecule has 0 aliphatic heterocycles. The predicted molar refractivity (Wildman–Crippen MR) is 114 cm³/mol. The summed E-state index contributed by atoms with van der Waals surface area (Å²) in [6, 6.07) is 4.80. The Morgan fingerprint density at radius 2 is 2.00 bits per heavy atom. The molecule has 0 saturated carbocycles. The van der Waals surface area contributed by atoms with Crippen molar-refractivity contribution in [1.82, 2.24) is 4.31 Å². The minimum atomic E-state index is -3.39. The van der Waals surface area contributed by atoms with Gasteiger partial charge in [-0.15, -0.1) is 0 Å². The first kappa shape index (κ1) is 25.7. The summed E-state index contributed by atoms with van der Waals surface area (Å²) in [5.41, 5.74) is 0. The number of aliphatic carboxylic acids is 1. The van der Waals surface area contributed by atoms with Crippen LogP contribution in [0.4, 0.5) is 0 Å². The zero-order valence-electron chi connectivity index (χ0n) is 16.3. The minimum absolute atomic E-state index is 0.0315. The Labute approximate surface area is 181 Å². The first-order chi connectivity index (χ1) is 13.6. The lowest BCUT2D eigenvalue weighted by molar-refractivity contribution is -0.137. The lowest BCUT2D eigenvalue weighted by Gasteiger charge is -2.19. The van der Waals surface area contributed by atoms with Crippen molar-refractivity contribution in [2.75, 3.05) is 26.0 Å². The van der Waals surface area contributed by atoms with Gasteiger partial charge in [0.1, 0.15) is 12.4 Å². The summed E-state index contributed by atoms with van der Waals surface area (Å²) in [5, 5.41) is 19.5. The first-order valence-electron chi connectivity index (χ1n) is 9.17. The number of benzene rings is 1. The zero-order chi connectivity index (χ0) is 21.9. The highest BCUT2D eigenvalue weighted by Crippen LogP contribution is 2.27. The predicted octanol–water partition coefficient (Wildman–Crippen LogP) is 3.59. The number of carboxylic acids is 1. The molecule has 1 aromatic rings.